The number of aromatic nitrogens is 2. The molecule has 1 fully saturated rings. The number of nitrogens with zero attached hydrogens (tertiary/aromatic N) is 3. The molecule has 2 aliphatic carbocycles. The maximum absolute atomic E-state index is 14.0. The van der Waals surface area contributed by atoms with Crippen molar-refractivity contribution < 1.29 is 9.13 Å². The lowest BCUT2D eigenvalue weighted by Crippen LogP contribution is -2.32. The number of hydrogen-bond donors (Lipinski definition) is 2. The van der Waals surface area contributed by atoms with E-state index in [2.05, 4.69) is 29.6 Å². The van der Waals surface area contributed by atoms with Crippen LogP contribution in [-0.4, -0.2) is 43.8 Å². The molecule has 0 saturated heterocycles. The van der Waals surface area contributed by atoms with Gasteiger partial charge in [0.2, 0.25) is 5.95 Å². The van der Waals surface area contributed by atoms with Crippen LogP contribution in [0, 0.1) is 11.7 Å². The Labute approximate surface area is 191 Å². The van der Waals surface area contributed by atoms with Crippen LogP contribution in [0.3, 0.4) is 0 Å². The van der Waals surface area contributed by atoms with Crippen LogP contribution in [0.25, 0.3) is 0 Å². The summed E-state index contributed by atoms with van der Waals surface area (Å²) in [6.07, 6.45) is 9.10. The van der Waals surface area contributed by atoms with Crippen molar-refractivity contribution >= 4 is 11.8 Å². The highest BCUT2D eigenvalue weighted by molar-refractivity contribution is 5.52. The van der Waals surface area contributed by atoms with Gasteiger partial charge in [0, 0.05) is 37.8 Å². The maximum atomic E-state index is 14.0. The number of fused-ring (bicyclic) bond motifs is 1. The van der Waals surface area contributed by atoms with Gasteiger partial charge in [-0.2, -0.15) is 4.98 Å². The summed E-state index contributed by atoms with van der Waals surface area (Å²) >= 11 is 0. The molecule has 32 heavy (non-hydrogen) atoms. The van der Waals surface area contributed by atoms with Crippen molar-refractivity contribution in [3.8, 4) is 5.75 Å². The number of rotatable bonds is 8. The molecule has 2 aromatic rings. The monoisotopic (exact) mass is 441 g/mol. The van der Waals surface area contributed by atoms with Crippen LogP contribution in [-0.2, 0) is 19.4 Å². The average Bonchev–Trinajstić information content (AvgIpc) is 2.81. The minimum atomic E-state index is -0.187. The number of benzene rings is 1. The van der Waals surface area contributed by atoms with E-state index in [9.17, 15) is 4.39 Å². The molecule has 6 nitrogen and oxygen atoms in total. The van der Waals surface area contributed by atoms with Crippen LogP contribution in [0.15, 0.2) is 18.2 Å². The Balaban J connectivity index is 1.27. The Hall–Kier alpha value is -2.41. The van der Waals surface area contributed by atoms with E-state index in [1.54, 1.807) is 19.2 Å². The Morgan fingerprint density at radius 3 is 2.62 bits per heavy atom. The van der Waals surface area contributed by atoms with Gasteiger partial charge in [0.1, 0.15) is 17.4 Å². The lowest BCUT2D eigenvalue weighted by Gasteiger charge is -2.30. The van der Waals surface area contributed by atoms with Crippen molar-refractivity contribution in [1.29, 1.82) is 0 Å². The first-order chi connectivity index (χ1) is 15.5. The van der Waals surface area contributed by atoms with E-state index >= 15 is 0 Å². The zero-order valence-electron chi connectivity index (χ0n) is 19.6. The SMILES string of the molecule is COc1ccc(F)c(CNC[C@H]2CC[C@@H](Nc3nc4c(c(N(C)C)n3)CCCC4)CC2)c1. The number of hydrogen-bond acceptors (Lipinski definition) is 6. The largest absolute Gasteiger partial charge is 0.497 e. The first-order valence-electron chi connectivity index (χ1n) is 11.9. The third-order valence-electron chi connectivity index (χ3n) is 6.77. The smallest absolute Gasteiger partial charge is 0.225 e. The lowest BCUT2D eigenvalue weighted by molar-refractivity contribution is 0.323. The molecule has 174 valence electrons. The Morgan fingerprint density at radius 2 is 1.88 bits per heavy atom. The molecule has 0 unspecified atom stereocenters. The predicted molar refractivity (Wildman–Crippen MR) is 127 cm³/mol. The van der Waals surface area contributed by atoms with Crippen molar-refractivity contribution in [3.05, 3.63) is 40.8 Å². The maximum Gasteiger partial charge on any atom is 0.225 e. The molecule has 1 aromatic carbocycles. The Morgan fingerprint density at radius 1 is 1.09 bits per heavy atom. The van der Waals surface area contributed by atoms with Gasteiger partial charge < -0.3 is 20.3 Å². The number of methoxy groups -OCH3 is 1. The fraction of sp³-hybridized carbons (Fsp3) is 0.600. The van der Waals surface area contributed by atoms with Crippen LogP contribution < -0.4 is 20.3 Å². The molecular formula is C25H36FN5O. The number of halogens is 1. The third-order valence-corrected chi connectivity index (χ3v) is 6.77. The second-order valence-corrected chi connectivity index (χ2v) is 9.35. The molecule has 0 amide bonds. The summed E-state index contributed by atoms with van der Waals surface area (Å²) in [6, 6.07) is 5.31. The van der Waals surface area contributed by atoms with Crippen molar-refractivity contribution in [2.24, 2.45) is 5.92 Å². The molecule has 7 heteroatoms. The lowest BCUT2D eigenvalue weighted by atomic mass is 9.86. The summed E-state index contributed by atoms with van der Waals surface area (Å²) in [5, 5.41) is 7.05. The predicted octanol–water partition coefficient (Wildman–Crippen LogP) is 4.33. The Bertz CT molecular complexity index is 911. The normalized spacial score (nSPS) is 20.5. The van der Waals surface area contributed by atoms with Gasteiger partial charge in [0.15, 0.2) is 0 Å². The minimum absolute atomic E-state index is 0.187. The standard InChI is InChI=1S/C25H36FN5O/c1-31(2)24-21-6-4-5-7-23(21)29-25(30-24)28-19-10-8-17(9-11-19)15-27-16-18-14-20(32-3)12-13-22(18)26/h12-14,17,19,27H,4-11,15-16H2,1-3H3,(H,28,29,30)/t17-,19+. The summed E-state index contributed by atoms with van der Waals surface area (Å²) < 4.78 is 19.2. The minimum Gasteiger partial charge on any atom is -0.497 e. The summed E-state index contributed by atoms with van der Waals surface area (Å²) in [6.45, 7) is 1.43. The van der Waals surface area contributed by atoms with Crippen LogP contribution >= 0.6 is 0 Å². The van der Waals surface area contributed by atoms with E-state index in [0.717, 1.165) is 56.8 Å². The van der Waals surface area contributed by atoms with E-state index in [4.69, 9.17) is 14.7 Å². The zero-order chi connectivity index (χ0) is 22.5. The van der Waals surface area contributed by atoms with Crippen LogP contribution in [0.2, 0.25) is 0 Å². The van der Waals surface area contributed by atoms with Gasteiger partial charge in [0.05, 0.1) is 12.8 Å². The van der Waals surface area contributed by atoms with Gasteiger partial charge in [0.25, 0.3) is 0 Å². The zero-order valence-corrected chi connectivity index (χ0v) is 19.6. The van der Waals surface area contributed by atoms with Crippen LogP contribution in [0.4, 0.5) is 16.2 Å². The topological polar surface area (TPSA) is 62.3 Å². The average molecular weight is 442 g/mol. The highest BCUT2D eigenvalue weighted by Crippen LogP contribution is 2.30. The summed E-state index contributed by atoms with van der Waals surface area (Å²) in [4.78, 5) is 11.8. The number of nitrogens with one attached hydrogen (secondary N) is 2. The number of ether oxygens (including phenoxy) is 1. The fourth-order valence-electron chi connectivity index (χ4n) is 4.93. The molecule has 0 aliphatic heterocycles. The molecule has 0 radical (unpaired) electrons. The molecule has 4 rings (SSSR count). The van der Waals surface area contributed by atoms with Crippen molar-refractivity contribution in [2.45, 2.75) is 64.0 Å². The van der Waals surface area contributed by atoms with E-state index in [0.29, 0.717) is 29.8 Å². The second kappa shape index (κ2) is 10.5. The molecular weight excluding hydrogens is 405 g/mol. The second-order valence-electron chi connectivity index (χ2n) is 9.35. The first-order valence-corrected chi connectivity index (χ1v) is 11.9. The van der Waals surface area contributed by atoms with Crippen LogP contribution in [0.5, 0.6) is 5.75 Å². The van der Waals surface area contributed by atoms with E-state index in [1.165, 1.54) is 30.2 Å². The van der Waals surface area contributed by atoms with Crippen molar-refractivity contribution in [1.82, 2.24) is 15.3 Å². The van der Waals surface area contributed by atoms with Gasteiger partial charge in [-0.15, -0.1) is 0 Å². The van der Waals surface area contributed by atoms with Gasteiger partial charge >= 0.3 is 0 Å². The van der Waals surface area contributed by atoms with E-state index in [1.807, 2.05) is 0 Å². The fourth-order valence-corrected chi connectivity index (χ4v) is 4.93. The van der Waals surface area contributed by atoms with Gasteiger partial charge in [-0.3, -0.25) is 0 Å². The molecule has 1 aromatic heterocycles. The molecule has 1 heterocycles. The number of aryl methyl sites for hydroxylation is 1. The molecule has 1 saturated carbocycles. The highest BCUT2D eigenvalue weighted by atomic mass is 19.1. The summed E-state index contributed by atoms with van der Waals surface area (Å²) in [7, 11) is 5.74. The highest BCUT2D eigenvalue weighted by Gasteiger charge is 2.24. The van der Waals surface area contributed by atoms with Gasteiger partial charge in [-0.25, -0.2) is 9.37 Å². The molecule has 2 aliphatic rings. The van der Waals surface area contributed by atoms with Gasteiger partial charge in [-0.05, 0) is 82.0 Å². The van der Waals surface area contributed by atoms with Crippen molar-refractivity contribution in [3.63, 3.8) is 0 Å². The number of anilines is 2. The third kappa shape index (κ3) is 5.49. The quantitative estimate of drug-likeness (QED) is 0.636. The molecule has 0 atom stereocenters. The van der Waals surface area contributed by atoms with Crippen LogP contribution in [0.1, 0.15) is 55.3 Å². The first kappa shape index (κ1) is 22.8. The molecule has 2 N–H and O–H groups in total. The Kier molecular flexibility index (Phi) is 7.45. The molecule has 0 bridgehead atoms. The molecule has 0 spiro atoms. The summed E-state index contributed by atoms with van der Waals surface area (Å²) in [5.74, 6) is 2.97. The van der Waals surface area contributed by atoms with E-state index < -0.39 is 0 Å². The van der Waals surface area contributed by atoms with Gasteiger partial charge in [-0.1, -0.05) is 0 Å². The van der Waals surface area contributed by atoms with Crippen molar-refractivity contribution in [2.75, 3.05) is 38.0 Å². The van der Waals surface area contributed by atoms with E-state index in [-0.39, 0.29) is 5.82 Å². The summed E-state index contributed by atoms with van der Waals surface area (Å²) in [5.41, 5.74) is 3.20.